The highest BCUT2D eigenvalue weighted by molar-refractivity contribution is 5.86. The Hall–Kier alpha value is -1.79. The fourth-order valence-corrected chi connectivity index (χ4v) is 1.44. The third-order valence-electron chi connectivity index (χ3n) is 2.32. The van der Waals surface area contributed by atoms with Crippen molar-refractivity contribution in [1.29, 1.82) is 0 Å². The van der Waals surface area contributed by atoms with E-state index < -0.39 is 30.4 Å². The number of urea groups is 1. The van der Waals surface area contributed by atoms with Crippen molar-refractivity contribution < 1.29 is 24.6 Å². The van der Waals surface area contributed by atoms with Gasteiger partial charge in [0.2, 0.25) is 0 Å². The van der Waals surface area contributed by atoms with Gasteiger partial charge in [-0.25, -0.2) is 9.59 Å². The fourth-order valence-electron chi connectivity index (χ4n) is 1.44. The molecule has 7 heteroatoms. The van der Waals surface area contributed by atoms with Crippen LogP contribution in [0, 0.1) is 0 Å². The number of hydrogen-bond donors (Lipinski definition) is 3. The van der Waals surface area contributed by atoms with E-state index in [0.29, 0.717) is 6.54 Å². The van der Waals surface area contributed by atoms with Crippen molar-refractivity contribution in [3.63, 3.8) is 0 Å². The number of nitrogens with zero attached hydrogens (tertiary/aromatic N) is 1. The number of aliphatic carboxylic acids is 2. The number of carboxylic acids is 2. The number of nitrogens with one attached hydrogen (secondary N) is 1. The Labute approximate surface area is 106 Å². The second-order valence-corrected chi connectivity index (χ2v) is 4.23. The highest BCUT2D eigenvalue weighted by atomic mass is 16.4. The maximum absolute atomic E-state index is 11.8. The van der Waals surface area contributed by atoms with Gasteiger partial charge in [0.25, 0.3) is 0 Å². The van der Waals surface area contributed by atoms with Gasteiger partial charge in [0, 0.05) is 12.6 Å². The molecule has 0 radical (unpaired) electrons. The molecule has 104 valence electrons. The van der Waals surface area contributed by atoms with Crippen molar-refractivity contribution >= 4 is 18.0 Å². The van der Waals surface area contributed by atoms with E-state index in [2.05, 4.69) is 5.32 Å². The lowest BCUT2D eigenvalue weighted by Gasteiger charge is -2.27. The van der Waals surface area contributed by atoms with Crippen LogP contribution in [0.1, 0.15) is 33.6 Å². The molecular weight excluding hydrogens is 240 g/mol. The van der Waals surface area contributed by atoms with E-state index in [1.165, 1.54) is 4.90 Å². The van der Waals surface area contributed by atoms with Crippen LogP contribution >= 0.6 is 0 Å². The van der Waals surface area contributed by atoms with E-state index >= 15 is 0 Å². The smallest absolute Gasteiger partial charge is 0.326 e. The van der Waals surface area contributed by atoms with Gasteiger partial charge < -0.3 is 20.4 Å². The van der Waals surface area contributed by atoms with Crippen LogP contribution in [0.3, 0.4) is 0 Å². The Kier molecular flexibility index (Phi) is 6.77. The summed E-state index contributed by atoms with van der Waals surface area (Å²) in [6.07, 6.45) is 0.0986. The van der Waals surface area contributed by atoms with Crippen molar-refractivity contribution in [3.05, 3.63) is 0 Å². The molecule has 0 rings (SSSR count). The molecule has 0 aromatic heterocycles. The van der Waals surface area contributed by atoms with E-state index in [1.807, 2.05) is 20.8 Å². The van der Waals surface area contributed by atoms with E-state index in [9.17, 15) is 14.4 Å². The molecule has 0 bridgehead atoms. The number of carbonyl (C=O) groups is 3. The molecule has 0 spiro atoms. The molecule has 18 heavy (non-hydrogen) atoms. The van der Waals surface area contributed by atoms with Gasteiger partial charge in [-0.05, 0) is 20.3 Å². The van der Waals surface area contributed by atoms with Gasteiger partial charge in [-0.3, -0.25) is 4.79 Å². The number of rotatable bonds is 7. The van der Waals surface area contributed by atoms with Crippen LogP contribution in [-0.2, 0) is 9.59 Å². The molecule has 0 aromatic carbocycles. The van der Waals surface area contributed by atoms with Crippen LogP contribution in [0.5, 0.6) is 0 Å². The van der Waals surface area contributed by atoms with Crippen LogP contribution < -0.4 is 5.32 Å². The molecule has 0 aliphatic carbocycles. The molecule has 0 saturated heterocycles. The van der Waals surface area contributed by atoms with Crippen molar-refractivity contribution in [3.8, 4) is 0 Å². The monoisotopic (exact) mass is 260 g/mol. The largest absolute Gasteiger partial charge is 0.481 e. The summed E-state index contributed by atoms with van der Waals surface area (Å²) in [6.45, 7) is 6.00. The first-order valence-electron chi connectivity index (χ1n) is 5.81. The molecule has 0 aliphatic heterocycles. The average Bonchev–Trinajstić information content (AvgIpc) is 2.23. The van der Waals surface area contributed by atoms with Gasteiger partial charge in [0.15, 0.2) is 0 Å². The second-order valence-electron chi connectivity index (χ2n) is 4.23. The number of carbonyl (C=O) groups excluding carboxylic acids is 1. The highest BCUT2D eigenvalue weighted by Crippen LogP contribution is 2.02. The van der Waals surface area contributed by atoms with Crippen molar-refractivity contribution in [2.75, 3.05) is 6.54 Å². The van der Waals surface area contributed by atoms with Gasteiger partial charge in [-0.15, -0.1) is 0 Å². The SMILES string of the molecule is CCCN(C(=O)N[C@H](CC(=O)O)C(=O)O)C(C)C. The van der Waals surface area contributed by atoms with Gasteiger partial charge >= 0.3 is 18.0 Å². The Morgan fingerprint density at radius 3 is 2.11 bits per heavy atom. The zero-order valence-corrected chi connectivity index (χ0v) is 10.8. The average molecular weight is 260 g/mol. The maximum Gasteiger partial charge on any atom is 0.326 e. The number of hydrogen-bond acceptors (Lipinski definition) is 3. The van der Waals surface area contributed by atoms with Crippen LogP contribution in [0.4, 0.5) is 4.79 Å². The lowest BCUT2D eigenvalue weighted by Crippen LogP contribution is -2.51. The first-order chi connectivity index (χ1) is 8.29. The quantitative estimate of drug-likeness (QED) is 0.626. The van der Waals surface area contributed by atoms with Gasteiger partial charge in [0.1, 0.15) is 6.04 Å². The molecule has 0 heterocycles. The summed E-state index contributed by atoms with van der Waals surface area (Å²) in [5.74, 6) is -2.62. The summed E-state index contributed by atoms with van der Waals surface area (Å²) in [7, 11) is 0. The second kappa shape index (κ2) is 7.52. The standard InChI is InChI=1S/C11H20N2O5/c1-4-5-13(7(2)3)11(18)12-8(10(16)17)6-9(14)15/h7-8H,4-6H2,1-3H3,(H,12,18)(H,14,15)(H,16,17)/t8-/m1/s1. The van der Waals surface area contributed by atoms with E-state index in [4.69, 9.17) is 10.2 Å². The number of amides is 2. The summed E-state index contributed by atoms with van der Waals surface area (Å²) in [5.41, 5.74) is 0. The number of carboxylic acid groups (broad SMARTS) is 2. The molecule has 1 atom stereocenters. The van der Waals surface area contributed by atoms with Gasteiger partial charge in [-0.1, -0.05) is 6.92 Å². The van der Waals surface area contributed by atoms with Crippen LogP contribution in [0.15, 0.2) is 0 Å². The third-order valence-corrected chi connectivity index (χ3v) is 2.32. The van der Waals surface area contributed by atoms with Crippen molar-refractivity contribution in [2.45, 2.75) is 45.7 Å². The third kappa shape index (κ3) is 5.51. The molecule has 0 unspecified atom stereocenters. The molecule has 0 aliphatic rings. The molecule has 0 aromatic rings. The minimum Gasteiger partial charge on any atom is -0.481 e. The maximum atomic E-state index is 11.8. The summed E-state index contributed by atoms with van der Waals surface area (Å²) in [6, 6.07) is -2.04. The predicted molar refractivity (Wildman–Crippen MR) is 64.3 cm³/mol. The summed E-state index contributed by atoms with van der Waals surface area (Å²) in [4.78, 5) is 34.6. The topological polar surface area (TPSA) is 107 Å². The van der Waals surface area contributed by atoms with Crippen LogP contribution in [0.25, 0.3) is 0 Å². The van der Waals surface area contributed by atoms with Gasteiger partial charge in [-0.2, -0.15) is 0 Å². The van der Waals surface area contributed by atoms with Crippen LogP contribution in [0.2, 0.25) is 0 Å². The van der Waals surface area contributed by atoms with Crippen molar-refractivity contribution in [1.82, 2.24) is 10.2 Å². The Morgan fingerprint density at radius 2 is 1.78 bits per heavy atom. The van der Waals surface area contributed by atoms with E-state index in [1.54, 1.807) is 0 Å². The molecule has 7 nitrogen and oxygen atoms in total. The summed E-state index contributed by atoms with van der Waals surface area (Å²) < 4.78 is 0. The Balaban J connectivity index is 4.65. The van der Waals surface area contributed by atoms with E-state index in [0.717, 1.165) is 6.42 Å². The molecular formula is C11H20N2O5. The lowest BCUT2D eigenvalue weighted by atomic mass is 10.2. The first kappa shape index (κ1) is 16.2. The van der Waals surface area contributed by atoms with Gasteiger partial charge in [0.05, 0.1) is 6.42 Å². The fraction of sp³-hybridized carbons (Fsp3) is 0.727. The highest BCUT2D eigenvalue weighted by Gasteiger charge is 2.26. The normalized spacial score (nSPS) is 12.0. The Bertz CT molecular complexity index is 317. The Morgan fingerprint density at radius 1 is 1.22 bits per heavy atom. The zero-order valence-electron chi connectivity index (χ0n) is 10.8. The minimum absolute atomic E-state index is 0.0794. The van der Waals surface area contributed by atoms with Crippen LogP contribution in [-0.4, -0.2) is 51.7 Å². The molecule has 2 amide bonds. The molecule has 0 saturated carbocycles. The lowest BCUT2D eigenvalue weighted by molar-refractivity contribution is -0.145. The molecule has 0 fully saturated rings. The minimum atomic E-state index is -1.41. The first-order valence-corrected chi connectivity index (χ1v) is 5.81. The summed E-state index contributed by atoms with van der Waals surface area (Å²) >= 11 is 0. The zero-order chi connectivity index (χ0) is 14.3. The summed E-state index contributed by atoms with van der Waals surface area (Å²) in [5, 5.41) is 19.6. The molecule has 3 N–H and O–H groups in total. The predicted octanol–water partition coefficient (Wildman–Crippen LogP) is 0.744. The van der Waals surface area contributed by atoms with E-state index in [-0.39, 0.29) is 6.04 Å². The van der Waals surface area contributed by atoms with Crippen molar-refractivity contribution in [2.24, 2.45) is 0 Å².